The molecule has 0 aliphatic heterocycles. The summed E-state index contributed by atoms with van der Waals surface area (Å²) in [5.41, 5.74) is 4.06. The average Bonchev–Trinajstić information content (AvgIpc) is 3.53. The van der Waals surface area contributed by atoms with Gasteiger partial charge in [0.1, 0.15) is 9.88 Å². The number of carbonyl (C=O) groups is 1. The molecule has 5 nitrogen and oxygen atoms in total. The number of hydrogen-bond acceptors (Lipinski definition) is 5. The molecule has 1 saturated carbocycles. The highest BCUT2D eigenvalue weighted by Gasteiger charge is 2.34. The van der Waals surface area contributed by atoms with Gasteiger partial charge in [0.2, 0.25) is 0 Å². The largest absolute Gasteiger partial charge is 0.493 e. The zero-order valence-electron chi connectivity index (χ0n) is 17.8. The van der Waals surface area contributed by atoms with E-state index in [1.165, 1.54) is 16.9 Å². The van der Waals surface area contributed by atoms with Crippen molar-refractivity contribution in [2.24, 2.45) is 0 Å². The van der Waals surface area contributed by atoms with Gasteiger partial charge in [-0.05, 0) is 50.5 Å². The topological polar surface area (TPSA) is 51.7 Å². The number of methoxy groups -OCH3 is 2. The van der Waals surface area contributed by atoms with Gasteiger partial charge in [-0.25, -0.2) is 4.98 Å². The molecule has 0 saturated heterocycles. The van der Waals surface area contributed by atoms with Crippen LogP contribution in [0.15, 0.2) is 42.5 Å². The summed E-state index contributed by atoms with van der Waals surface area (Å²) < 4.78 is 10.7. The molecule has 156 valence electrons. The fourth-order valence-electron chi connectivity index (χ4n) is 3.46. The van der Waals surface area contributed by atoms with Crippen LogP contribution in [0.25, 0.3) is 10.6 Å². The van der Waals surface area contributed by atoms with Gasteiger partial charge in [0.15, 0.2) is 11.5 Å². The normalized spacial score (nSPS) is 13.2. The molecule has 6 heteroatoms. The predicted molar refractivity (Wildman–Crippen MR) is 119 cm³/mol. The average molecular weight is 423 g/mol. The lowest BCUT2D eigenvalue weighted by atomic mass is 10.1. The standard InChI is InChI=1S/C24H26N2O3S/c1-15-5-7-17(8-6-15)14-26(19-10-11-19)24(27)22-16(2)25-23(30-22)18-9-12-20(28-3)21(13-18)29-4/h5-9,12-13,19H,10-11,14H2,1-4H3. The van der Waals surface area contributed by atoms with Crippen molar-refractivity contribution >= 4 is 17.2 Å². The Morgan fingerprint density at radius 1 is 1.07 bits per heavy atom. The van der Waals surface area contributed by atoms with Crippen molar-refractivity contribution in [2.75, 3.05) is 14.2 Å². The number of rotatable bonds is 7. The second-order valence-corrected chi connectivity index (χ2v) is 8.65. The molecule has 3 aromatic rings. The van der Waals surface area contributed by atoms with E-state index in [2.05, 4.69) is 36.2 Å². The SMILES string of the molecule is COc1ccc(-c2nc(C)c(C(=O)N(Cc3ccc(C)cc3)C3CC3)s2)cc1OC. The molecule has 0 bridgehead atoms. The van der Waals surface area contributed by atoms with E-state index in [0.29, 0.717) is 29.0 Å². The molecule has 1 heterocycles. The molecule has 0 atom stereocenters. The second-order valence-electron chi connectivity index (χ2n) is 7.65. The molecule has 1 amide bonds. The Hall–Kier alpha value is -2.86. The van der Waals surface area contributed by atoms with Gasteiger partial charge in [-0.3, -0.25) is 4.79 Å². The van der Waals surface area contributed by atoms with E-state index in [1.54, 1.807) is 14.2 Å². The first-order valence-corrected chi connectivity index (χ1v) is 10.9. The maximum Gasteiger partial charge on any atom is 0.266 e. The number of amides is 1. The highest BCUT2D eigenvalue weighted by atomic mass is 32.1. The van der Waals surface area contributed by atoms with E-state index < -0.39 is 0 Å². The van der Waals surface area contributed by atoms with E-state index in [-0.39, 0.29) is 5.91 Å². The zero-order chi connectivity index (χ0) is 21.3. The number of carbonyl (C=O) groups excluding carboxylic acids is 1. The van der Waals surface area contributed by atoms with Crippen molar-refractivity contribution in [3.05, 3.63) is 64.2 Å². The number of nitrogens with zero attached hydrogens (tertiary/aromatic N) is 2. The molecule has 0 unspecified atom stereocenters. The number of benzene rings is 2. The molecule has 1 aromatic heterocycles. The summed E-state index contributed by atoms with van der Waals surface area (Å²) in [7, 11) is 3.23. The lowest BCUT2D eigenvalue weighted by Gasteiger charge is -2.22. The van der Waals surface area contributed by atoms with Crippen LogP contribution in [0.3, 0.4) is 0 Å². The van der Waals surface area contributed by atoms with Gasteiger partial charge in [-0.2, -0.15) is 0 Å². The minimum Gasteiger partial charge on any atom is -0.493 e. The van der Waals surface area contributed by atoms with Gasteiger partial charge < -0.3 is 14.4 Å². The zero-order valence-corrected chi connectivity index (χ0v) is 18.6. The van der Waals surface area contributed by atoms with Gasteiger partial charge >= 0.3 is 0 Å². The van der Waals surface area contributed by atoms with Gasteiger partial charge in [-0.15, -0.1) is 11.3 Å². The maximum absolute atomic E-state index is 13.4. The smallest absolute Gasteiger partial charge is 0.266 e. The Morgan fingerprint density at radius 2 is 1.77 bits per heavy atom. The quantitative estimate of drug-likeness (QED) is 0.522. The molecule has 1 aliphatic rings. The molecule has 1 aliphatic carbocycles. The fourth-order valence-corrected chi connectivity index (χ4v) is 4.48. The first-order valence-electron chi connectivity index (χ1n) is 10.1. The number of aryl methyl sites for hydroxylation is 2. The summed E-state index contributed by atoms with van der Waals surface area (Å²) in [5, 5.41) is 0.808. The Labute approximate surface area is 181 Å². The van der Waals surface area contributed by atoms with Crippen LogP contribution < -0.4 is 9.47 Å². The van der Waals surface area contributed by atoms with Crippen molar-refractivity contribution in [1.29, 1.82) is 0 Å². The van der Waals surface area contributed by atoms with E-state index in [1.807, 2.05) is 30.0 Å². The van der Waals surface area contributed by atoms with Crippen molar-refractivity contribution in [3.63, 3.8) is 0 Å². The molecular formula is C24H26N2O3S. The van der Waals surface area contributed by atoms with Crippen molar-refractivity contribution < 1.29 is 14.3 Å². The van der Waals surface area contributed by atoms with E-state index in [9.17, 15) is 4.79 Å². The van der Waals surface area contributed by atoms with Crippen LogP contribution in [-0.4, -0.2) is 36.1 Å². The van der Waals surface area contributed by atoms with Gasteiger partial charge in [0.05, 0.1) is 19.9 Å². The van der Waals surface area contributed by atoms with Crippen LogP contribution >= 0.6 is 11.3 Å². The van der Waals surface area contributed by atoms with E-state index in [0.717, 1.165) is 34.7 Å². The number of thiazole rings is 1. The van der Waals surface area contributed by atoms with Crippen molar-refractivity contribution in [1.82, 2.24) is 9.88 Å². The molecule has 0 N–H and O–H groups in total. The number of hydrogen-bond donors (Lipinski definition) is 0. The van der Waals surface area contributed by atoms with Crippen molar-refractivity contribution in [3.8, 4) is 22.1 Å². The highest BCUT2D eigenvalue weighted by Crippen LogP contribution is 2.37. The Balaban J connectivity index is 1.61. The Bertz CT molecular complexity index is 1050. The first-order chi connectivity index (χ1) is 14.5. The lowest BCUT2D eigenvalue weighted by molar-refractivity contribution is 0.0734. The molecule has 4 rings (SSSR count). The molecule has 0 spiro atoms. The third-order valence-corrected chi connectivity index (χ3v) is 6.54. The third-order valence-electron chi connectivity index (χ3n) is 5.34. The minimum absolute atomic E-state index is 0.0693. The Kier molecular flexibility index (Phi) is 5.77. The Morgan fingerprint density at radius 3 is 2.40 bits per heavy atom. The summed E-state index contributed by atoms with van der Waals surface area (Å²) in [5.74, 6) is 1.39. The van der Waals surface area contributed by atoms with E-state index in [4.69, 9.17) is 9.47 Å². The third kappa shape index (κ3) is 4.19. The summed E-state index contributed by atoms with van der Waals surface area (Å²) in [6, 6.07) is 14.4. The van der Waals surface area contributed by atoms with Crippen LogP contribution in [0, 0.1) is 13.8 Å². The summed E-state index contributed by atoms with van der Waals surface area (Å²) >= 11 is 1.44. The summed E-state index contributed by atoms with van der Waals surface area (Å²) in [6.07, 6.45) is 2.13. The maximum atomic E-state index is 13.4. The van der Waals surface area contributed by atoms with Crippen LogP contribution in [0.5, 0.6) is 11.5 Å². The fraction of sp³-hybridized carbons (Fsp3) is 0.333. The summed E-state index contributed by atoms with van der Waals surface area (Å²) in [6.45, 7) is 4.61. The van der Waals surface area contributed by atoms with Crippen molar-refractivity contribution in [2.45, 2.75) is 39.3 Å². The van der Waals surface area contributed by atoms with Crippen LogP contribution in [0.2, 0.25) is 0 Å². The monoisotopic (exact) mass is 422 g/mol. The summed E-state index contributed by atoms with van der Waals surface area (Å²) in [4.78, 5) is 20.8. The van der Waals surface area contributed by atoms with Gasteiger partial charge in [0, 0.05) is 18.2 Å². The number of aromatic nitrogens is 1. The number of ether oxygens (including phenoxy) is 2. The lowest BCUT2D eigenvalue weighted by Crippen LogP contribution is -2.32. The molecule has 2 aromatic carbocycles. The molecule has 30 heavy (non-hydrogen) atoms. The predicted octanol–water partition coefficient (Wildman–Crippen LogP) is 5.25. The van der Waals surface area contributed by atoms with Crippen LogP contribution in [0.1, 0.15) is 39.3 Å². The molecule has 0 radical (unpaired) electrons. The molecular weight excluding hydrogens is 396 g/mol. The van der Waals surface area contributed by atoms with E-state index >= 15 is 0 Å². The first kappa shape index (κ1) is 20.4. The van der Waals surface area contributed by atoms with Gasteiger partial charge in [-0.1, -0.05) is 29.8 Å². The minimum atomic E-state index is 0.0693. The second kappa shape index (κ2) is 8.48. The van der Waals surface area contributed by atoms with Crippen LogP contribution in [0.4, 0.5) is 0 Å². The van der Waals surface area contributed by atoms with Gasteiger partial charge in [0.25, 0.3) is 5.91 Å². The molecule has 1 fully saturated rings. The van der Waals surface area contributed by atoms with Crippen LogP contribution in [-0.2, 0) is 6.54 Å². The highest BCUT2D eigenvalue weighted by molar-refractivity contribution is 7.17.